The third-order valence-corrected chi connectivity index (χ3v) is 3.35. The largest absolute Gasteiger partial charge is 0.444 e. The Balaban J connectivity index is 2.27. The second-order valence-corrected chi connectivity index (χ2v) is 6.39. The van der Waals surface area contributed by atoms with Gasteiger partial charge in [-0.15, -0.1) is 0 Å². The second kappa shape index (κ2) is 7.29. The number of ether oxygens (including phenoxy) is 1. The molecule has 2 rings (SSSR count). The molecule has 0 radical (unpaired) electrons. The Hall–Kier alpha value is -2.33. The van der Waals surface area contributed by atoms with Gasteiger partial charge in [-0.05, 0) is 37.5 Å². The third-order valence-electron chi connectivity index (χ3n) is 3.35. The number of carbonyl (C=O) groups is 1. The van der Waals surface area contributed by atoms with Crippen LogP contribution in [0.5, 0.6) is 0 Å². The second-order valence-electron chi connectivity index (χ2n) is 6.39. The lowest BCUT2D eigenvalue weighted by atomic mass is 9.95. The van der Waals surface area contributed by atoms with E-state index >= 15 is 0 Å². The van der Waals surface area contributed by atoms with E-state index in [9.17, 15) is 4.79 Å². The molecule has 122 valence electrons. The highest BCUT2D eigenvalue weighted by atomic mass is 16.6. The van der Waals surface area contributed by atoms with E-state index in [-0.39, 0.29) is 6.04 Å². The average Bonchev–Trinajstić information content (AvgIpc) is 2.52. The number of rotatable bonds is 4. The average molecular weight is 312 g/mol. The minimum absolute atomic E-state index is 0.295. The minimum atomic E-state index is -0.540. The summed E-state index contributed by atoms with van der Waals surface area (Å²) in [6.45, 7) is 5.80. The number of carbonyl (C=O) groups excluding carboxylic acids is 1. The van der Waals surface area contributed by atoms with Gasteiger partial charge in [-0.3, -0.25) is 0 Å². The number of amides is 1. The molecule has 1 amide bonds. The molecule has 0 spiro atoms. The van der Waals surface area contributed by atoms with Gasteiger partial charge >= 0.3 is 6.09 Å². The molecule has 0 aliphatic heterocycles. The topological polar surface area (TPSA) is 64.3 Å². The number of alkyl carbamates (subject to hydrolysis) is 1. The quantitative estimate of drug-likeness (QED) is 0.900. The maximum atomic E-state index is 12.1. The van der Waals surface area contributed by atoms with Crippen LogP contribution < -0.4 is 11.1 Å². The van der Waals surface area contributed by atoms with E-state index in [2.05, 4.69) is 5.32 Å². The van der Waals surface area contributed by atoms with Crippen molar-refractivity contribution in [3.8, 4) is 11.1 Å². The van der Waals surface area contributed by atoms with Crippen molar-refractivity contribution in [2.24, 2.45) is 5.73 Å². The summed E-state index contributed by atoms with van der Waals surface area (Å²) in [4.78, 5) is 12.1. The Bertz CT molecular complexity index is 648. The van der Waals surface area contributed by atoms with Gasteiger partial charge in [0.05, 0.1) is 6.04 Å². The van der Waals surface area contributed by atoms with Crippen molar-refractivity contribution in [1.82, 2.24) is 5.32 Å². The Morgan fingerprint density at radius 2 is 1.70 bits per heavy atom. The van der Waals surface area contributed by atoms with Gasteiger partial charge in [0.2, 0.25) is 0 Å². The van der Waals surface area contributed by atoms with Crippen LogP contribution in [-0.2, 0) is 4.74 Å². The Morgan fingerprint density at radius 3 is 2.30 bits per heavy atom. The highest BCUT2D eigenvalue weighted by Crippen LogP contribution is 2.28. The number of hydrogen-bond acceptors (Lipinski definition) is 3. The van der Waals surface area contributed by atoms with Crippen molar-refractivity contribution in [2.45, 2.75) is 32.4 Å². The Kier molecular flexibility index (Phi) is 5.40. The molecule has 0 saturated carbocycles. The van der Waals surface area contributed by atoms with Crippen LogP contribution in [0.4, 0.5) is 4.79 Å². The lowest BCUT2D eigenvalue weighted by Crippen LogP contribution is -2.38. The molecule has 0 aliphatic rings. The summed E-state index contributed by atoms with van der Waals surface area (Å²) >= 11 is 0. The first kappa shape index (κ1) is 17.0. The number of nitrogens with one attached hydrogen (secondary N) is 1. The summed E-state index contributed by atoms with van der Waals surface area (Å²) in [6, 6.07) is 17.7. The molecule has 4 heteroatoms. The van der Waals surface area contributed by atoms with Crippen LogP contribution in [0.1, 0.15) is 32.4 Å². The zero-order valence-electron chi connectivity index (χ0n) is 13.9. The molecule has 0 heterocycles. The standard InChI is InChI=1S/C19H24N2O2/c1-19(2,3)23-18(22)21-17(13-20)16-12-8-7-11-15(16)14-9-5-4-6-10-14/h4-12,17H,13,20H2,1-3H3,(H,21,22). The summed E-state index contributed by atoms with van der Waals surface area (Å²) in [5.41, 5.74) is 8.48. The molecule has 2 aromatic carbocycles. The fourth-order valence-corrected chi connectivity index (χ4v) is 2.39. The van der Waals surface area contributed by atoms with Gasteiger partial charge in [-0.1, -0.05) is 54.6 Å². The van der Waals surface area contributed by atoms with Gasteiger partial charge in [-0.2, -0.15) is 0 Å². The first-order valence-corrected chi connectivity index (χ1v) is 7.74. The van der Waals surface area contributed by atoms with Crippen molar-refractivity contribution >= 4 is 6.09 Å². The van der Waals surface area contributed by atoms with Crippen LogP contribution in [0.3, 0.4) is 0 Å². The van der Waals surface area contributed by atoms with Crippen LogP contribution >= 0.6 is 0 Å². The van der Waals surface area contributed by atoms with E-state index in [4.69, 9.17) is 10.5 Å². The van der Waals surface area contributed by atoms with Gasteiger partial charge in [-0.25, -0.2) is 4.79 Å². The van der Waals surface area contributed by atoms with E-state index in [0.29, 0.717) is 6.54 Å². The molecule has 0 aliphatic carbocycles. The van der Waals surface area contributed by atoms with Crippen LogP contribution in [0.25, 0.3) is 11.1 Å². The lowest BCUT2D eigenvalue weighted by Gasteiger charge is -2.24. The molecule has 0 bridgehead atoms. The molecule has 4 nitrogen and oxygen atoms in total. The Morgan fingerprint density at radius 1 is 1.09 bits per heavy atom. The molecule has 2 aromatic rings. The smallest absolute Gasteiger partial charge is 0.408 e. The minimum Gasteiger partial charge on any atom is -0.444 e. The zero-order chi connectivity index (χ0) is 16.9. The van der Waals surface area contributed by atoms with E-state index in [1.807, 2.05) is 75.4 Å². The van der Waals surface area contributed by atoms with Gasteiger partial charge in [0.25, 0.3) is 0 Å². The molecular weight excluding hydrogens is 288 g/mol. The fraction of sp³-hybridized carbons (Fsp3) is 0.316. The molecule has 1 unspecified atom stereocenters. The van der Waals surface area contributed by atoms with Crippen molar-refractivity contribution in [3.63, 3.8) is 0 Å². The van der Waals surface area contributed by atoms with Crippen LogP contribution in [-0.4, -0.2) is 18.2 Å². The highest BCUT2D eigenvalue weighted by Gasteiger charge is 2.21. The first-order valence-electron chi connectivity index (χ1n) is 7.74. The predicted molar refractivity (Wildman–Crippen MR) is 93.0 cm³/mol. The fourth-order valence-electron chi connectivity index (χ4n) is 2.39. The number of benzene rings is 2. The monoisotopic (exact) mass is 312 g/mol. The predicted octanol–water partition coefficient (Wildman–Crippen LogP) is 3.88. The van der Waals surface area contributed by atoms with Crippen molar-refractivity contribution in [2.75, 3.05) is 6.54 Å². The lowest BCUT2D eigenvalue weighted by molar-refractivity contribution is 0.0505. The zero-order valence-corrected chi connectivity index (χ0v) is 13.9. The van der Waals surface area contributed by atoms with Gasteiger partial charge < -0.3 is 15.8 Å². The van der Waals surface area contributed by atoms with E-state index in [1.165, 1.54) is 0 Å². The Labute approximate surface area is 137 Å². The van der Waals surface area contributed by atoms with Gasteiger partial charge in [0.15, 0.2) is 0 Å². The molecule has 0 saturated heterocycles. The summed E-state index contributed by atoms with van der Waals surface area (Å²) in [5, 5.41) is 2.86. The summed E-state index contributed by atoms with van der Waals surface area (Å²) < 4.78 is 5.33. The van der Waals surface area contributed by atoms with Crippen LogP contribution in [0.15, 0.2) is 54.6 Å². The highest BCUT2D eigenvalue weighted by molar-refractivity contribution is 5.72. The normalized spacial score (nSPS) is 12.5. The van der Waals surface area contributed by atoms with Crippen molar-refractivity contribution < 1.29 is 9.53 Å². The molecule has 0 aromatic heterocycles. The van der Waals surface area contributed by atoms with E-state index in [0.717, 1.165) is 16.7 Å². The molecule has 1 atom stereocenters. The number of nitrogens with two attached hydrogens (primary N) is 1. The van der Waals surface area contributed by atoms with Crippen LogP contribution in [0, 0.1) is 0 Å². The maximum absolute atomic E-state index is 12.1. The first-order chi connectivity index (χ1) is 10.9. The summed E-state index contributed by atoms with van der Waals surface area (Å²) in [5.74, 6) is 0. The molecular formula is C19H24N2O2. The van der Waals surface area contributed by atoms with Gasteiger partial charge in [0.1, 0.15) is 5.60 Å². The SMILES string of the molecule is CC(C)(C)OC(=O)NC(CN)c1ccccc1-c1ccccc1. The molecule has 3 N–H and O–H groups in total. The third kappa shape index (κ3) is 4.83. The van der Waals surface area contributed by atoms with Crippen molar-refractivity contribution in [1.29, 1.82) is 0 Å². The van der Waals surface area contributed by atoms with Crippen LogP contribution in [0.2, 0.25) is 0 Å². The van der Waals surface area contributed by atoms with E-state index < -0.39 is 11.7 Å². The number of hydrogen-bond donors (Lipinski definition) is 2. The van der Waals surface area contributed by atoms with Gasteiger partial charge in [0, 0.05) is 6.54 Å². The van der Waals surface area contributed by atoms with E-state index in [1.54, 1.807) is 0 Å². The molecule has 0 fully saturated rings. The van der Waals surface area contributed by atoms with Crippen molar-refractivity contribution in [3.05, 3.63) is 60.2 Å². The summed E-state index contributed by atoms with van der Waals surface area (Å²) in [6.07, 6.45) is -0.462. The summed E-state index contributed by atoms with van der Waals surface area (Å²) in [7, 11) is 0. The maximum Gasteiger partial charge on any atom is 0.408 e. The molecule has 23 heavy (non-hydrogen) atoms.